The van der Waals surface area contributed by atoms with Gasteiger partial charge in [-0.1, -0.05) is 0 Å². The molecule has 1 fully saturated rings. The van der Waals surface area contributed by atoms with Crippen LogP contribution in [0.25, 0.3) is 0 Å². The maximum atomic E-state index is 13.1. The standard InChI is InChI=1S/C24H34N3O7PS/c1-6-31-35(30,32-7-2)14-19-15-36-24(25-19)26-23(29)18-10-21(33-16(3)4)12-22(11-18)34-20-8-9-27(13-20)17(5)28/h10-12,15-16,20H,6-9,13-14H2,1-5H3,(H,25,26,29)/t20-/m0/s1. The summed E-state index contributed by atoms with van der Waals surface area (Å²) in [7, 11) is -3.30. The smallest absolute Gasteiger partial charge is 0.336 e. The average molecular weight is 540 g/mol. The molecule has 1 aliphatic heterocycles. The molecule has 0 bridgehead atoms. The van der Waals surface area contributed by atoms with Crippen LogP contribution in [0.3, 0.4) is 0 Å². The van der Waals surface area contributed by atoms with Gasteiger partial charge in [-0.05, 0) is 39.8 Å². The molecule has 2 heterocycles. The summed E-state index contributed by atoms with van der Waals surface area (Å²) < 4.78 is 35.4. The van der Waals surface area contributed by atoms with Gasteiger partial charge in [0, 0.05) is 36.9 Å². The minimum absolute atomic E-state index is 0.0137. The quantitative estimate of drug-likeness (QED) is 0.377. The average Bonchev–Trinajstić information content (AvgIpc) is 3.43. The number of ether oxygens (including phenoxy) is 2. The molecule has 2 amide bonds. The van der Waals surface area contributed by atoms with E-state index in [1.807, 2.05) is 13.8 Å². The number of carbonyl (C=O) groups is 2. The fourth-order valence-corrected chi connectivity index (χ4v) is 6.17. The highest BCUT2D eigenvalue weighted by Crippen LogP contribution is 2.51. The van der Waals surface area contributed by atoms with Gasteiger partial charge < -0.3 is 23.4 Å². The lowest BCUT2D eigenvalue weighted by Gasteiger charge is -2.18. The number of carbonyl (C=O) groups excluding carboxylic acids is 2. The molecule has 0 unspecified atom stereocenters. The number of benzene rings is 1. The number of nitrogens with zero attached hydrogens (tertiary/aromatic N) is 2. The molecule has 36 heavy (non-hydrogen) atoms. The number of thiazole rings is 1. The summed E-state index contributed by atoms with van der Waals surface area (Å²) in [6, 6.07) is 5.03. The topological polar surface area (TPSA) is 116 Å². The third-order valence-corrected chi connectivity index (χ3v) is 8.01. The Balaban J connectivity index is 1.73. The van der Waals surface area contributed by atoms with E-state index in [2.05, 4.69) is 10.3 Å². The maximum absolute atomic E-state index is 13.1. The molecular formula is C24H34N3O7PS. The van der Waals surface area contributed by atoms with Crippen molar-refractivity contribution in [3.8, 4) is 11.5 Å². The first-order valence-corrected chi connectivity index (χ1v) is 14.6. The molecule has 0 radical (unpaired) electrons. The van der Waals surface area contributed by atoms with Crippen LogP contribution in [0.5, 0.6) is 11.5 Å². The summed E-state index contributed by atoms with van der Waals surface area (Å²) in [4.78, 5) is 30.8. The second kappa shape index (κ2) is 12.7. The van der Waals surface area contributed by atoms with Gasteiger partial charge in [0.05, 0.1) is 37.7 Å². The van der Waals surface area contributed by atoms with Gasteiger partial charge in [-0.15, -0.1) is 11.3 Å². The van der Waals surface area contributed by atoms with Crippen molar-refractivity contribution in [1.29, 1.82) is 0 Å². The largest absolute Gasteiger partial charge is 0.491 e. The predicted octanol–water partition coefficient (Wildman–Crippen LogP) is 4.95. The van der Waals surface area contributed by atoms with Crippen LogP contribution in [-0.2, 0) is 24.6 Å². The van der Waals surface area contributed by atoms with E-state index in [9.17, 15) is 14.2 Å². The van der Waals surface area contributed by atoms with Crippen molar-refractivity contribution in [3.05, 3.63) is 34.8 Å². The highest BCUT2D eigenvalue weighted by atomic mass is 32.1. The van der Waals surface area contributed by atoms with Gasteiger partial charge in [-0.2, -0.15) is 0 Å². The Morgan fingerprint density at radius 1 is 1.19 bits per heavy atom. The normalized spacial score (nSPS) is 15.8. The van der Waals surface area contributed by atoms with Gasteiger partial charge in [0.2, 0.25) is 5.91 Å². The highest BCUT2D eigenvalue weighted by molar-refractivity contribution is 7.53. The van der Waals surface area contributed by atoms with E-state index in [0.29, 0.717) is 47.4 Å². The Morgan fingerprint density at radius 2 is 1.89 bits per heavy atom. The predicted molar refractivity (Wildman–Crippen MR) is 138 cm³/mol. The molecule has 10 nitrogen and oxygen atoms in total. The summed E-state index contributed by atoms with van der Waals surface area (Å²) in [5.74, 6) is 0.621. The van der Waals surface area contributed by atoms with Crippen molar-refractivity contribution in [3.63, 3.8) is 0 Å². The molecule has 0 aliphatic carbocycles. The van der Waals surface area contributed by atoms with Gasteiger partial charge in [0.15, 0.2) is 5.13 Å². The summed E-state index contributed by atoms with van der Waals surface area (Å²) in [6.07, 6.45) is 0.483. The van der Waals surface area contributed by atoms with Crippen LogP contribution in [0.2, 0.25) is 0 Å². The summed E-state index contributed by atoms with van der Waals surface area (Å²) in [6.45, 7) is 10.5. The summed E-state index contributed by atoms with van der Waals surface area (Å²) >= 11 is 1.22. The van der Waals surface area contributed by atoms with Crippen molar-refractivity contribution >= 4 is 35.9 Å². The SMILES string of the molecule is CCOP(=O)(Cc1csc(NC(=O)c2cc(OC(C)C)cc(O[C@H]3CCN(C(C)=O)C3)c2)n1)OCC. The van der Waals surface area contributed by atoms with E-state index in [1.165, 1.54) is 11.3 Å². The Bertz CT molecular complexity index is 1100. The van der Waals surface area contributed by atoms with Crippen LogP contribution in [0.4, 0.5) is 5.13 Å². The molecule has 3 rings (SSSR count). The number of nitrogens with one attached hydrogen (secondary N) is 1. The van der Waals surface area contributed by atoms with E-state index in [1.54, 1.807) is 49.3 Å². The van der Waals surface area contributed by atoms with Gasteiger partial charge in [-0.3, -0.25) is 19.5 Å². The van der Waals surface area contributed by atoms with Crippen molar-refractivity contribution in [2.24, 2.45) is 0 Å². The number of rotatable bonds is 12. The molecular weight excluding hydrogens is 505 g/mol. The van der Waals surface area contributed by atoms with Crippen molar-refractivity contribution < 1.29 is 32.7 Å². The van der Waals surface area contributed by atoms with Crippen molar-refractivity contribution in [2.75, 3.05) is 31.6 Å². The van der Waals surface area contributed by atoms with E-state index >= 15 is 0 Å². The Morgan fingerprint density at radius 3 is 2.50 bits per heavy atom. The lowest BCUT2D eigenvalue weighted by Crippen LogP contribution is -2.28. The minimum atomic E-state index is -3.30. The Kier molecular flexibility index (Phi) is 9.90. The van der Waals surface area contributed by atoms with Gasteiger partial charge >= 0.3 is 7.60 Å². The first-order chi connectivity index (χ1) is 17.1. The highest BCUT2D eigenvalue weighted by Gasteiger charge is 2.27. The second-order valence-corrected chi connectivity index (χ2v) is 11.5. The first kappa shape index (κ1) is 28.1. The zero-order valence-electron chi connectivity index (χ0n) is 21.3. The van der Waals surface area contributed by atoms with Gasteiger partial charge in [0.25, 0.3) is 5.91 Å². The lowest BCUT2D eigenvalue weighted by molar-refractivity contribution is -0.128. The zero-order chi connectivity index (χ0) is 26.3. The molecule has 0 saturated carbocycles. The van der Waals surface area contributed by atoms with Crippen LogP contribution < -0.4 is 14.8 Å². The third-order valence-electron chi connectivity index (χ3n) is 5.19. The molecule has 1 atom stereocenters. The maximum Gasteiger partial charge on any atom is 0.336 e. The molecule has 1 N–H and O–H groups in total. The van der Waals surface area contributed by atoms with Crippen LogP contribution in [0, 0.1) is 0 Å². The minimum Gasteiger partial charge on any atom is -0.491 e. The summed E-state index contributed by atoms with van der Waals surface area (Å²) in [5.41, 5.74) is 0.855. The zero-order valence-corrected chi connectivity index (χ0v) is 23.0. The molecule has 12 heteroatoms. The second-order valence-electron chi connectivity index (χ2n) is 8.56. The summed E-state index contributed by atoms with van der Waals surface area (Å²) in [5, 5.41) is 4.86. The molecule has 1 aliphatic rings. The Hall–Kier alpha value is -2.46. The van der Waals surface area contributed by atoms with Crippen LogP contribution in [-0.4, -0.2) is 60.2 Å². The van der Waals surface area contributed by atoms with Crippen LogP contribution in [0.1, 0.15) is 57.1 Å². The molecule has 0 spiro atoms. The fourth-order valence-electron chi connectivity index (χ4n) is 3.74. The third kappa shape index (κ3) is 8.03. The molecule has 198 valence electrons. The first-order valence-electron chi connectivity index (χ1n) is 12.0. The fraction of sp³-hybridized carbons (Fsp3) is 0.542. The van der Waals surface area contributed by atoms with E-state index in [0.717, 1.165) is 0 Å². The number of likely N-dealkylation sites (tertiary alicyclic amines) is 1. The number of hydrogen-bond donors (Lipinski definition) is 1. The van der Waals surface area contributed by atoms with E-state index in [4.69, 9.17) is 18.5 Å². The van der Waals surface area contributed by atoms with E-state index in [-0.39, 0.29) is 43.4 Å². The van der Waals surface area contributed by atoms with Crippen LogP contribution in [0.15, 0.2) is 23.6 Å². The molecule has 1 saturated heterocycles. The Labute approximate surface area is 215 Å². The molecule has 1 aromatic carbocycles. The van der Waals surface area contributed by atoms with Gasteiger partial charge in [-0.25, -0.2) is 4.98 Å². The lowest BCUT2D eigenvalue weighted by atomic mass is 10.2. The van der Waals surface area contributed by atoms with E-state index < -0.39 is 7.60 Å². The van der Waals surface area contributed by atoms with Crippen LogP contribution >= 0.6 is 18.9 Å². The van der Waals surface area contributed by atoms with Crippen molar-refractivity contribution in [2.45, 2.75) is 59.4 Å². The van der Waals surface area contributed by atoms with Crippen molar-refractivity contribution in [1.82, 2.24) is 9.88 Å². The number of amides is 2. The molecule has 1 aromatic heterocycles. The van der Waals surface area contributed by atoms with Gasteiger partial charge in [0.1, 0.15) is 17.6 Å². The number of hydrogen-bond acceptors (Lipinski definition) is 9. The monoisotopic (exact) mass is 539 g/mol. The molecule has 2 aromatic rings. The number of aromatic nitrogens is 1. The number of anilines is 1.